The lowest BCUT2D eigenvalue weighted by atomic mass is 10.1. The van der Waals surface area contributed by atoms with Crippen LogP contribution in [0.4, 0.5) is 0 Å². The van der Waals surface area contributed by atoms with Gasteiger partial charge in [-0.05, 0) is 54.6 Å². The van der Waals surface area contributed by atoms with Crippen molar-refractivity contribution in [3.63, 3.8) is 0 Å². The summed E-state index contributed by atoms with van der Waals surface area (Å²) in [4.78, 5) is 2.32. The van der Waals surface area contributed by atoms with Crippen LogP contribution in [-0.4, -0.2) is 24.6 Å². The van der Waals surface area contributed by atoms with E-state index in [1.807, 2.05) is 30.3 Å². The van der Waals surface area contributed by atoms with Crippen molar-refractivity contribution in [1.82, 2.24) is 4.90 Å². The molecule has 1 fully saturated rings. The number of morpholine rings is 1. The fraction of sp³-hybridized carbons (Fsp3) is 0.200. The number of hydrogen-bond donors (Lipinski definition) is 0. The quantitative estimate of drug-likeness (QED) is 0.563. The highest BCUT2D eigenvalue weighted by Crippen LogP contribution is 2.27. The summed E-state index contributed by atoms with van der Waals surface area (Å²) < 4.78 is 11.9. The van der Waals surface area contributed by atoms with Gasteiger partial charge in [0.15, 0.2) is 0 Å². The molecule has 1 aliphatic rings. The predicted molar refractivity (Wildman–Crippen MR) is 113 cm³/mol. The average molecular weight is 371 g/mol. The third-order valence-corrected chi connectivity index (χ3v) is 4.88. The van der Waals surface area contributed by atoms with Crippen molar-refractivity contribution in [3.8, 4) is 11.5 Å². The highest BCUT2D eigenvalue weighted by atomic mass is 16.5. The van der Waals surface area contributed by atoms with Gasteiger partial charge in [-0.15, -0.1) is 0 Å². The van der Waals surface area contributed by atoms with Crippen LogP contribution in [-0.2, 0) is 4.74 Å². The van der Waals surface area contributed by atoms with Crippen LogP contribution in [0.1, 0.15) is 22.8 Å². The first-order valence-corrected chi connectivity index (χ1v) is 9.70. The maximum absolute atomic E-state index is 6.00. The number of rotatable bonds is 5. The molecule has 1 saturated heterocycles. The molecule has 0 aromatic heterocycles. The van der Waals surface area contributed by atoms with Crippen LogP contribution in [0.2, 0.25) is 0 Å². The molecule has 0 saturated carbocycles. The van der Waals surface area contributed by atoms with Crippen molar-refractivity contribution in [3.05, 3.63) is 102 Å². The third-order valence-electron chi connectivity index (χ3n) is 4.88. The van der Waals surface area contributed by atoms with Gasteiger partial charge in [-0.3, -0.25) is 0 Å². The number of aryl methyl sites for hydroxylation is 1. The minimum atomic E-state index is 0.0719. The first kappa shape index (κ1) is 18.3. The average Bonchev–Trinajstić information content (AvgIpc) is 2.75. The molecule has 3 nitrogen and oxygen atoms in total. The first-order valence-electron chi connectivity index (χ1n) is 9.70. The zero-order valence-electron chi connectivity index (χ0n) is 16.1. The summed E-state index contributed by atoms with van der Waals surface area (Å²) in [7, 11) is 0. The monoisotopic (exact) mass is 371 g/mol. The molecule has 1 heterocycles. The van der Waals surface area contributed by atoms with Crippen molar-refractivity contribution in [2.24, 2.45) is 0 Å². The molecular weight excluding hydrogens is 346 g/mol. The Morgan fingerprint density at radius 3 is 2.29 bits per heavy atom. The molecule has 3 heteroatoms. The van der Waals surface area contributed by atoms with Crippen LogP contribution >= 0.6 is 0 Å². The third kappa shape index (κ3) is 4.81. The van der Waals surface area contributed by atoms with Gasteiger partial charge in [0.2, 0.25) is 0 Å². The summed E-state index contributed by atoms with van der Waals surface area (Å²) in [6.07, 6.45) is 4.39. The van der Waals surface area contributed by atoms with E-state index in [1.54, 1.807) is 0 Å². The standard InChI is InChI=1S/C25H25NO2/c1-20-7-11-23(12-8-20)28-24-13-9-22(10-14-24)25-19-26(17-18-27-25)16-15-21-5-3-2-4-6-21/h2-16,25H,17-19H2,1H3/t25-/m0/s1. The molecule has 1 aliphatic heterocycles. The van der Waals surface area contributed by atoms with Crippen LogP contribution in [0.25, 0.3) is 6.08 Å². The van der Waals surface area contributed by atoms with Gasteiger partial charge in [0.25, 0.3) is 0 Å². The van der Waals surface area contributed by atoms with E-state index in [0.717, 1.165) is 31.2 Å². The summed E-state index contributed by atoms with van der Waals surface area (Å²) >= 11 is 0. The van der Waals surface area contributed by atoms with Gasteiger partial charge >= 0.3 is 0 Å². The summed E-state index contributed by atoms with van der Waals surface area (Å²) in [6.45, 7) is 4.56. The smallest absolute Gasteiger partial charge is 0.127 e. The normalized spacial score (nSPS) is 17.0. The molecule has 1 atom stereocenters. The second-order valence-electron chi connectivity index (χ2n) is 7.06. The Hall–Kier alpha value is -3.04. The van der Waals surface area contributed by atoms with Gasteiger partial charge in [-0.1, -0.05) is 60.2 Å². The molecule has 0 spiro atoms. The summed E-state index contributed by atoms with van der Waals surface area (Å²) in [5, 5.41) is 0. The Morgan fingerprint density at radius 1 is 0.893 bits per heavy atom. The van der Waals surface area contributed by atoms with Crippen molar-refractivity contribution in [1.29, 1.82) is 0 Å². The number of hydrogen-bond acceptors (Lipinski definition) is 3. The largest absolute Gasteiger partial charge is 0.457 e. The Labute approximate surface area is 166 Å². The van der Waals surface area contributed by atoms with Gasteiger partial charge in [-0.2, -0.15) is 0 Å². The molecule has 0 amide bonds. The highest BCUT2D eigenvalue weighted by Gasteiger charge is 2.20. The zero-order valence-corrected chi connectivity index (χ0v) is 16.1. The van der Waals surface area contributed by atoms with Crippen LogP contribution in [0.5, 0.6) is 11.5 Å². The Balaban J connectivity index is 1.38. The van der Waals surface area contributed by atoms with E-state index in [4.69, 9.17) is 9.47 Å². The fourth-order valence-corrected chi connectivity index (χ4v) is 3.25. The Kier molecular flexibility index (Phi) is 5.74. The molecule has 4 rings (SSSR count). The minimum Gasteiger partial charge on any atom is -0.457 e. The molecule has 3 aromatic carbocycles. The lowest BCUT2D eigenvalue weighted by molar-refractivity contribution is -0.0135. The predicted octanol–water partition coefficient (Wildman–Crippen LogP) is 5.83. The molecule has 142 valence electrons. The zero-order chi connectivity index (χ0) is 19.2. The SMILES string of the molecule is Cc1ccc(Oc2ccc([C@@H]3CN(C=Cc4ccccc4)CCO3)cc2)cc1. The van der Waals surface area contributed by atoms with E-state index in [2.05, 4.69) is 72.6 Å². The summed E-state index contributed by atoms with van der Waals surface area (Å²) in [5.74, 6) is 1.69. The van der Waals surface area contributed by atoms with Crippen LogP contribution < -0.4 is 4.74 Å². The maximum Gasteiger partial charge on any atom is 0.127 e. The first-order chi connectivity index (χ1) is 13.8. The Bertz CT molecular complexity index is 902. The Morgan fingerprint density at radius 2 is 1.57 bits per heavy atom. The highest BCUT2D eigenvalue weighted by molar-refractivity contribution is 5.48. The summed E-state index contributed by atoms with van der Waals surface area (Å²) in [6, 6.07) is 26.7. The van der Waals surface area contributed by atoms with Crippen molar-refractivity contribution < 1.29 is 9.47 Å². The molecular formula is C25H25NO2. The van der Waals surface area contributed by atoms with Gasteiger partial charge in [0.05, 0.1) is 12.7 Å². The van der Waals surface area contributed by atoms with Gasteiger partial charge < -0.3 is 14.4 Å². The van der Waals surface area contributed by atoms with Crippen molar-refractivity contribution in [2.75, 3.05) is 19.7 Å². The molecule has 0 radical (unpaired) electrons. The number of ether oxygens (including phenoxy) is 2. The van der Waals surface area contributed by atoms with E-state index in [9.17, 15) is 0 Å². The van der Waals surface area contributed by atoms with Crippen LogP contribution in [0.15, 0.2) is 85.1 Å². The topological polar surface area (TPSA) is 21.7 Å². The second-order valence-corrected chi connectivity index (χ2v) is 7.06. The molecule has 0 N–H and O–H groups in total. The molecule has 0 bridgehead atoms. The van der Waals surface area contributed by atoms with Gasteiger partial charge in [0, 0.05) is 13.1 Å². The number of benzene rings is 3. The lowest BCUT2D eigenvalue weighted by Crippen LogP contribution is -2.34. The molecule has 0 unspecified atom stereocenters. The van der Waals surface area contributed by atoms with Crippen molar-refractivity contribution >= 4 is 6.08 Å². The number of nitrogens with zero attached hydrogens (tertiary/aromatic N) is 1. The van der Waals surface area contributed by atoms with Crippen LogP contribution in [0.3, 0.4) is 0 Å². The van der Waals surface area contributed by atoms with Gasteiger partial charge in [0.1, 0.15) is 11.5 Å². The molecule has 28 heavy (non-hydrogen) atoms. The van der Waals surface area contributed by atoms with E-state index in [0.29, 0.717) is 0 Å². The molecule has 3 aromatic rings. The second kappa shape index (κ2) is 8.77. The summed E-state index contributed by atoms with van der Waals surface area (Å²) in [5.41, 5.74) is 3.61. The van der Waals surface area contributed by atoms with E-state index >= 15 is 0 Å². The van der Waals surface area contributed by atoms with E-state index in [1.165, 1.54) is 16.7 Å². The minimum absolute atomic E-state index is 0.0719. The van der Waals surface area contributed by atoms with E-state index < -0.39 is 0 Å². The van der Waals surface area contributed by atoms with Crippen molar-refractivity contribution in [2.45, 2.75) is 13.0 Å². The molecule has 0 aliphatic carbocycles. The maximum atomic E-state index is 6.00. The van der Waals surface area contributed by atoms with Gasteiger partial charge in [-0.25, -0.2) is 0 Å². The van der Waals surface area contributed by atoms with Crippen LogP contribution in [0, 0.1) is 6.92 Å². The fourth-order valence-electron chi connectivity index (χ4n) is 3.25. The van der Waals surface area contributed by atoms with E-state index in [-0.39, 0.29) is 6.10 Å². The lowest BCUT2D eigenvalue weighted by Gasteiger charge is -2.32.